The van der Waals surface area contributed by atoms with Gasteiger partial charge in [-0.15, -0.1) is 0 Å². The number of amides is 1. The fourth-order valence-electron chi connectivity index (χ4n) is 3.45. The van der Waals surface area contributed by atoms with Crippen molar-refractivity contribution in [3.05, 3.63) is 53.3 Å². The third-order valence-corrected chi connectivity index (χ3v) is 5.24. The van der Waals surface area contributed by atoms with Crippen molar-refractivity contribution in [2.45, 2.75) is 44.4 Å². The lowest BCUT2D eigenvalue weighted by Gasteiger charge is -2.39. The van der Waals surface area contributed by atoms with Gasteiger partial charge in [0.15, 0.2) is 0 Å². The smallest absolute Gasteiger partial charge is 0.314 e. The molecule has 1 amide bonds. The molecule has 6 heteroatoms. The Morgan fingerprint density at radius 3 is 2.27 bits per heavy atom. The Labute approximate surface area is 153 Å². The first-order valence-corrected chi connectivity index (χ1v) is 8.88. The highest BCUT2D eigenvalue weighted by Gasteiger charge is 2.44. The number of H-pyrrole nitrogens is 1. The van der Waals surface area contributed by atoms with Crippen molar-refractivity contribution < 1.29 is 14.7 Å². The number of aromatic nitrogens is 2. The van der Waals surface area contributed by atoms with Crippen LogP contribution in [0.1, 0.15) is 55.4 Å². The average Bonchev–Trinajstić information content (AvgIpc) is 3.12. The van der Waals surface area contributed by atoms with Gasteiger partial charge in [-0.25, -0.2) is 0 Å². The Morgan fingerprint density at radius 1 is 1.15 bits per heavy atom. The summed E-state index contributed by atoms with van der Waals surface area (Å²) in [6.07, 6.45) is 0.795. The first-order valence-electron chi connectivity index (χ1n) is 8.88. The molecule has 1 fully saturated rings. The van der Waals surface area contributed by atoms with Gasteiger partial charge in [0.2, 0.25) is 0 Å². The molecule has 0 unspecified atom stereocenters. The third kappa shape index (κ3) is 3.23. The molecule has 0 atom stereocenters. The number of carbonyl (C=O) groups excluding carboxylic acids is 1. The predicted octanol–water partition coefficient (Wildman–Crippen LogP) is 2.97. The third-order valence-electron chi connectivity index (χ3n) is 5.24. The van der Waals surface area contributed by atoms with E-state index in [-0.39, 0.29) is 11.3 Å². The number of hydrogen-bond acceptors (Lipinski definition) is 3. The van der Waals surface area contributed by atoms with Crippen LogP contribution in [-0.2, 0) is 15.6 Å². The first-order chi connectivity index (χ1) is 12.2. The van der Waals surface area contributed by atoms with Crippen molar-refractivity contribution in [3.63, 3.8) is 0 Å². The fourth-order valence-corrected chi connectivity index (χ4v) is 3.45. The van der Waals surface area contributed by atoms with Gasteiger partial charge in [0, 0.05) is 24.2 Å². The van der Waals surface area contributed by atoms with Crippen molar-refractivity contribution in [2.75, 3.05) is 13.1 Å². The molecule has 1 aromatic heterocycles. The zero-order chi connectivity index (χ0) is 18.9. The molecule has 2 aromatic rings. The Kier molecular flexibility index (Phi) is 4.61. The minimum absolute atomic E-state index is 0.112. The average molecular weight is 355 g/mol. The van der Waals surface area contributed by atoms with Gasteiger partial charge in [-0.2, -0.15) is 5.10 Å². The Morgan fingerprint density at radius 2 is 1.77 bits per heavy atom. The maximum atomic E-state index is 12.8. The number of carboxylic acids is 1. The predicted molar refractivity (Wildman–Crippen MR) is 98.2 cm³/mol. The van der Waals surface area contributed by atoms with E-state index in [1.807, 2.05) is 30.3 Å². The Bertz CT molecular complexity index is 797. The molecular formula is C20H25N3O3. The van der Waals surface area contributed by atoms with Crippen molar-refractivity contribution >= 4 is 11.9 Å². The van der Waals surface area contributed by atoms with Crippen LogP contribution in [0.2, 0.25) is 0 Å². The number of hydrogen-bond donors (Lipinski definition) is 2. The zero-order valence-electron chi connectivity index (χ0n) is 15.5. The second-order valence-electron chi connectivity index (χ2n) is 7.96. The van der Waals surface area contributed by atoms with E-state index < -0.39 is 11.4 Å². The minimum atomic E-state index is -0.930. The standard InChI is InChI=1S/C20H25N3O3/c1-19(2,3)16-13-15(21-22-16)17(24)23-11-9-20(10-12-23,18(25)26)14-7-5-4-6-8-14/h4-8,13H,9-12H2,1-3H3,(H,21,22)(H,25,26). The van der Waals surface area contributed by atoms with E-state index in [1.54, 1.807) is 11.0 Å². The number of piperidine rings is 1. The number of carbonyl (C=O) groups is 2. The van der Waals surface area contributed by atoms with Crippen LogP contribution in [0.5, 0.6) is 0 Å². The highest BCUT2D eigenvalue weighted by Crippen LogP contribution is 2.36. The molecule has 1 aromatic carbocycles. The summed E-state index contributed by atoms with van der Waals surface area (Å²) in [5.74, 6) is -0.977. The molecule has 0 bridgehead atoms. The zero-order valence-corrected chi connectivity index (χ0v) is 15.5. The molecule has 0 spiro atoms. The SMILES string of the molecule is CC(C)(C)c1cc(C(=O)N2CCC(C(=O)O)(c3ccccc3)CC2)n[nH]1. The molecular weight excluding hydrogens is 330 g/mol. The summed E-state index contributed by atoms with van der Waals surface area (Å²) in [5.41, 5.74) is 1.05. The molecule has 3 rings (SSSR count). The summed E-state index contributed by atoms with van der Waals surface area (Å²) < 4.78 is 0. The number of rotatable bonds is 3. The van der Waals surface area contributed by atoms with Crippen LogP contribution in [0.15, 0.2) is 36.4 Å². The number of nitrogens with one attached hydrogen (secondary N) is 1. The van der Waals surface area contributed by atoms with Gasteiger partial charge in [-0.3, -0.25) is 14.7 Å². The van der Waals surface area contributed by atoms with Gasteiger partial charge in [0.1, 0.15) is 5.69 Å². The van der Waals surface area contributed by atoms with E-state index in [0.717, 1.165) is 11.3 Å². The van der Waals surface area contributed by atoms with Crippen LogP contribution in [0, 0.1) is 0 Å². The fraction of sp³-hybridized carbons (Fsp3) is 0.450. The van der Waals surface area contributed by atoms with Crippen LogP contribution in [0.4, 0.5) is 0 Å². The molecule has 138 valence electrons. The van der Waals surface area contributed by atoms with E-state index in [1.165, 1.54) is 0 Å². The molecule has 0 radical (unpaired) electrons. The lowest BCUT2D eigenvalue weighted by atomic mass is 9.73. The normalized spacial score (nSPS) is 17.1. The largest absolute Gasteiger partial charge is 0.481 e. The Balaban J connectivity index is 1.76. The first kappa shape index (κ1) is 18.2. The van der Waals surface area contributed by atoms with Gasteiger partial charge < -0.3 is 10.0 Å². The molecule has 2 heterocycles. The summed E-state index contributed by atoms with van der Waals surface area (Å²) in [6, 6.07) is 11.1. The van der Waals surface area contributed by atoms with E-state index >= 15 is 0 Å². The molecule has 1 saturated heterocycles. The van der Waals surface area contributed by atoms with Gasteiger partial charge in [0.05, 0.1) is 5.41 Å². The summed E-state index contributed by atoms with van der Waals surface area (Å²) in [6.45, 7) is 6.96. The van der Waals surface area contributed by atoms with Gasteiger partial charge in [-0.1, -0.05) is 51.1 Å². The van der Waals surface area contributed by atoms with Crippen molar-refractivity contribution in [3.8, 4) is 0 Å². The van der Waals surface area contributed by atoms with Gasteiger partial charge in [0.25, 0.3) is 5.91 Å². The number of aliphatic carboxylic acids is 1. The maximum absolute atomic E-state index is 12.8. The van der Waals surface area contributed by atoms with Crippen molar-refractivity contribution in [1.29, 1.82) is 0 Å². The van der Waals surface area contributed by atoms with E-state index in [0.29, 0.717) is 31.6 Å². The number of carboxylic acid groups (broad SMARTS) is 1. The molecule has 1 aliphatic rings. The molecule has 26 heavy (non-hydrogen) atoms. The van der Waals surface area contributed by atoms with Crippen molar-refractivity contribution in [2.24, 2.45) is 0 Å². The quantitative estimate of drug-likeness (QED) is 0.886. The summed E-state index contributed by atoms with van der Waals surface area (Å²) in [4.78, 5) is 26.5. The number of benzene rings is 1. The highest BCUT2D eigenvalue weighted by atomic mass is 16.4. The molecule has 2 N–H and O–H groups in total. The van der Waals surface area contributed by atoms with Crippen molar-refractivity contribution in [1.82, 2.24) is 15.1 Å². The molecule has 0 aliphatic carbocycles. The summed E-state index contributed by atoms with van der Waals surface area (Å²) in [5, 5.41) is 16.9. The second-order valence-corrected chi connectivity index (χ2v) is 7.96. The summed E-state index contributed by atoms with van der Waals surface area (Å²) in [7, 11) is 0. The maximum Gasteiger partial charge on any atom is 0.314 e. The van der Waals surface area contributed by atoms with Gasteiger partial charge in [-0.05, 0) is 24.5 Å². The van der Waals surface area contributed by atoms with Crippen LogP contribution in [0.3, 0.4) is 0 Å². The highest BCUT2D eigenvalue weighted by molar-refractivity contribution is 5.93. The second kappa shape index (κ2) is 6.59. The van der Waals surface area contributed by atoms with Crippen LogP contribution in [-0.4, -0.2) is 45.2 Å². The molecule has 6 nitrogen and oxygen atoms in total. The number of likely N-dealkylation sites (tertiary alicyclic amines) is 1. The molecule has 0 saturated carbocycles. The number of nitrogens with zero attached hydrogens (tertiary/aromatic N) is 2. The molecule has 1 aliphatic heterocycles. The van der Waals surface area contributed by atoms with E-state index in [9.17, 15) is 14.7 Å². The topological polar surface area (TPSA) is 86.3 Å². The van der Waals surface area contributed by atoms with Crippen LogP contribution >= 0.6 is 0 Å². The van der Waals surface area contributed by atoms with Crippen LogP contribution < -0.4 is 0 Å². The van der Waals surface area contributed by atoms with E-state index in [2.05, 4.69) is 31.0 Å². The lowest BCUT2D eigenvalue weighted by molar-refractivity contribution is -0.145. The number of aromatic amines is 1. The Hall–Kier alpha value is -2.63. The summed E-state index contributed by atoms with van der Waals surface area (Å²) >= 11 is 0. The monoisotopic (exact) mass is 355 g/mol. The lowest BCUT2D eigenvalue weighted by Crippen LogP contribution is -2.49. The van der Waals surface area contributed by atoms with E-state index in [4.69, 9.17) is 0 Å². The van der Waals surface area contributed by atoms with Gasteiger partial charge >= 0.3 is 5.97 Å². The minimum Gasteiger partial charge on any atom is -0.481 e. The van der Waals surface area contributed by atoms with Crippen LogP contribution in [0.25, 0.3) is 0 Å².